The highest BCUT2D eigenvalue weighted by Crippen LogP contribution is 2.27. The van der Waals surface area contributed by atoms with Crippen LogP contribution in [0, 0.1) is 5.92 Å². The highest BCUT2D eigenvalue weighted by Gasteiger charge is 2.23. The summed E-state index contributed by atoms with van der Waals surface area (Å²) in [6.45, 7) is 6.02. The van der Waals surface area contributed by atoms with Gasteiger partial charge in [0.25, 0.3) is 0 Å². The van der Waals surface area contributed by atoms with Crippen molar-refractivity contribution in [1.29, 1.82) is 0 Å². The van der Waals surface area contributed by atoms with Crippen molar-refractivity contribution in [1.82, 2.24) is 5.32 Å². The Morgan fingerprint density at radius 3 is 2.22 bits per heavy atom. The average molecular weight is 248 g/mol. The number of nitrogens with two attached hydrogens (primary N) is 1. The minimum absolute atomic E-state index is 0.0553. The molecule has 100 valence electrons. The summed E-state index contributed by atoms with van der Waals surface area (Å²) in [4.78, 5) is 11.8. The van der Waals surface area contributed by atoms with Crippen molar-refractivity contribution in [3.05, 3.63) is 35.9 Å². The van der Waals surface area contributed by atoms with Crippen molar-refractivity contribution < 1.29 is 4.79 Å². The number of benzene rings is 1. The molecule has 0 radical (unpaired) electrons. The van der Waals surface area contributed by atoms with E-state index in [4.69, 9.17) is 5.73 Å². The van der Waals surface area contributed by atoms with Crippen molar-refractivity contribution in [3.63, 3.8) is 0 Å². The standard InChI is InChI=1S/C15H24N2O/c1-4-12(5-2)14(17-15(18)11(3)16)13-9-7-6-8-10-13/h6-12,14H,4-5,16H2,1-3H3,(H,17,18)/t11-,14?/m0/s1. The van der Waals surface area contributed by atoms with Crippen molar-refractivity contribution in [2.45, 2.75) is 45.7 Å². The summed E-state index contributed by atoms with van der Waals surface area (Å²) in [5, 5.41) is 3.07. The van der Waals surface area contributed by atoms with E-state index in [-0.39, 0.29) is 11.9 Å². The van der Waals surface area contributed by atoms with Gasteiger partial charge in [-0.15, -0.1) is 0 Å². The quantitative estimate of drug-likeness (QED) is 0.813. The van der Waals surface area contributed by atoms with Gasteiger partial charge in [-0.3, -0.25) is 4.79 Å². The van der Waals surface area contributed by atoms with Crippen LogP contribution in [0.5, 0.6) is 0 Å². The Morgan fingerprint density at radius 2 is 1.78 bits per heavy atom. The molecule has 0 aliphatic carbocycles. The van der Waals surface area contributed by atoms with Gasteiger partial charge in [-0.1, -0.05) is 57.0 Å². The van der Waals surface area contributed by atoms with Gasteiger partial charge in [-0.2, -0.15) is 0 Å². The van der Waals surface area contributed by atoms with Crippen LogP contribution in [-0.2, 0) is 4.79 Å². The van der Waals surface area contributed by atoms with E-state index in [2.05, 4.69) is 31.3 Å². The van der Waals surface area contributed by atoms with Crippen LogP contribution in [0.2, 0.25) is 0 Å². The Morgan fingerprint density at radius 1 is 1.22 bits per heavy atom. The first-order valence-corrected chi connectivity index (χ1v) is 6.71. The van der Waals surface area contributed by atoms with Crippen LogP contribution in [0.3, 0.4) is 0 Å². The number of carbonyl (C=O) groups is 1. The van der Waals surface area contributed by atoms with E-state index >= 15 is 0 Å². The molecular formula is C15H24N2O. The zero-order chi connectivity index (χ0) is 13.5. The summed E-state index contributed by atoms with van der Waals surface area (Å²) in [6.07, 6.45) is 2.07. The van der Waals surface area contributed by atoms with Crippen LogP contribution in [-0.4, -0.2) is 11.9 Å². The normalized spacial score (nSPS) is 14.3. The van der Waals surface area contributed by atoms with Gasteiger partial charge in [-0.05, 0) is 18.4 Å². The van der Waals surface area contributed by atoms with Crippen LogP contribution in [0.15, 0.2) is 30.3 Å². The third-order valence-electron chi connectivity index (χ3n) is 3.39. The smallest absolute Gasteiger partial charge is 0.237 e. The molecule has 0 spiro atoms. The first-order chi connectivity index (χ1) is 8.60. The molecule has 1 amide bonds. The van der Waals surface area contributed by atoms with Crippen LogP contribution in [0.25, 0.3) is 0 Å². The van der Waals surface area contributed by atoms with E-state index < -0.39 is 6.04 Å². The Bertz CT molecular complexity index is 358. The fraction of sp³-hybridized carbons (Fsp3) is 0.533. The molecule has 3 heteroatoms. The molecule has 1 rings (SSSR count). The van der Waals surface area contributed by atoms with E-state index in [9.17, 15) is 4.79 Å². The van der Waals surface area contributed by atoms with Crippen molar-refractivity contribution in [3.8, 4) is 0 Å². The topological polar surface area (TPSA) is 55.1 Å². The molecule has 3 N–H and O–H groups in total. The van der Waals surface area contributed by atoms with Gasteiger partial charge in [0.2, 0.25) is 5.91 Å². The predicted octanol–water partition coefficient (Wildman–Crippen LogP) is 2.63. The molecule has 2 atom stereocenters. The molecule has 0 saturated carbocycles. The van der Waals surface area contributed by atoms with Crippen molar-refractivity contribution in [2.75, 3.05) is 0 Å². The van der Waals surface area contributed by atoms with Crippen molar-refractivity contribution in [2.24, 2.45) is 11.7 Å². The summed E-state index contributed by atoms with van der Waals surface area (Å²) in [7, 11) is 0. The van der Waals surface area contributed by atoms with Crippen LogP contribution in [0.1, 0.15) is 45.2 Å². The molecule has 18 heavy (non-hydrogen) atoms. The maximum Gasteiger partial charge on any atom is 0.237 e. The minimum atomic E-state index is -0.467. The maximum absolute atomic E-state index is 11.8. The van der Waals surface area contributed by atoms with Gasteiger partial charge in [0.1, 0.15) is 0 Å². The third-order valence-corrected chi connectivity index (χ3v) is 3.39. The fourth-order valence-electron chi connectivity index (χ4n) is 2.18. The monoisotopic (exact) mass is 248 g/mol. The number of amides is 1. The summed E-state index contributed by atoms with van der Waals surface area (Å²) in [5.74, 6) is 0.353. The number of rotatable bonds is 6. The lowest BCUT2D eigenvalue weighted by atomic mass is 9.88. The zero-order valence-corrected chi connectivity index (χ0v) is 11.5. The molecule has 1 aromatic rings. The van der Waals surface area contributed by atoms with Crippen LogP contribution < -0.4 is 11.1 Å². The van der Waals surface area contributed by atoms with Crippen molar-refractivity contribution >= 4 is 5.91 Å². The van der Waals surface area contributed by atoms with Crippen LogP contribution >= 0.6 is 0 Å². The second-order valence-corrected chi connectivity index (χ2v) is 4.76. The van der Waals surface area contributed by atoms with Gasteiger partial charge in [-0.25, -0.2) is 0 Å². The highest BCUT2D eigenvalue weighted by atomic mass is 16.2. The van der Waals surface area contributed by atoms with Gasteiger partial charge >= 0.3 is 0 Å². The van der Waals surface area contributed by atoms with Gasteiger partial charge in [0.15, 0.2) is 0 Å². The van der Waals surface area contributed by atoms with Gasteiger partial charge < -0.3 is 11.1 Å². The molecule has 1 aromatic carbocycles. The van der Waals surface area contributed by atoms with E-state index in [0.717, 1.165) is 18.4 Å². The SMILES string of the molecule is CCC(CC)C(NC(=O)[C@H](C)N)c1ccccc1. The summed E-state index contributed by atoms with van der Waals surface area (Å²) >= 11 is 0. The fourth-order valence-corrected chi connectivity index (χ4v) is 2.18. The molecule has 0 bridgehead atoms. The third kappa shape index (κ3) is 3.84. The minimum Gasteiger partial charge on any atom is -0.348 e. The molecule has 1 unspecified atom stereocenters. The second kappa shape index (κ2) is 7.17. The number of hydrogen-bond donors (Lipinski definition) is 2. The zero-order valence-electron chi connectivity index (χ0n) is 11.5. The van der Waals surface area contributed by atoms with Crippen LogP contribution in [0.4, 0.5) is 0 Å². The van der Waals surface area contributed by atoms with E-state index in [1.165, 1.54) is 0 Å². The lowest BCUT2D eigenvalue weighted by Gasteiger charge is -2.27. The largest absolute Gasteiger partial charge is 0.348 e. The Hall–Kier alpha value is -1.35. The molecule has 0 saturated heterocycles. The molecule has 0 aliphatic heterocycles. The van der Waals surface area contributed by atoms with E-state index in [0.29, 0.717) is 5.92 Å². The number of nitrogens with one attached hydrogen (secondary N) is 1. The number of carbonyl (C=O) groups excluding carboxylic acids is 1. The molecule has 0 aromatic heterocycles. The summed E-state index contributed by atoms with van der Waals surface area (Å²) in [6, 6.07) is 9.70. The lowest BCUT2D eigenvalue weighted by molar-refractivity contribution is -0.123. The molecular weight excluding hydrogens is 224 g/mol. The van der Waals surface area contributed by atoms with Gasteiger partial charge in [0, 0.05) is 0 Å². The summed E-state index contributed by atoms with van der Waals surface area (Å²) in [5.41, 5.74) is 6.79. The first kappa shape index (κ1) is 14.7. The predicted molar refractivity (Wildman–Crippen MR) is 75.0 cm³/mol. The Balaban J connectivity index is 2.92. The highest BCUT2D eigenvalue weighted by molar-refractivity contribution is 5.81. The number of hydrogen-bond acceptors (Lipinski definition) is 2. The summed E-state index contributed by atoms with van der Waals surface area (Å²) < 4.78 is 0. The first-order valence-electron chi connectivity index (χ1n) is 6.71. The second-order valence-electron chi connectivity index (χ2n) is 4.76. The lowest BCUT2D eigenvalue weighted by Crippen LogP contribution is -2.42. The molecule has 0 fully saturated rings. The molecule has 0 aliphatic rings. The Labute approximate surface area is 110 Å². The molecule has 0 heterocycles. The Kier molecular flexibility index (Phi) is 5.86. The van der Waals surface area contributed by atoms with E-state index in [1.807, 2.05) is 18.2 Å². The average Bonchev–Trinajstić information content (AvgIpc) is 2.39. The van der Waals surface area contributed by atoms with E-state index in [1.54, 1.807) is 6.92 Å². The van der Waals surface area contributed by atoms with Gasteiger partial charge in [0.05, 0.1) is 12.1 Å². The maximum atomic E-state index is 11.8. The molecule has 3 nitrogen and oxygen atoms in total.